The van der Waals surface area contributed by atoms with Crippen LogP contribution in [0.15, 0.2) is 65.3 Å². The topological polar surface area (TPSA) is 45.8 Å². The molecule has 1 N–H and O–H groups in total. The molecule has 148 valence electrons. The lowest BCUT2D eigenvalue weighted by Crippen LogP contribution is -2.35. The molecule has 0 bridgehead atoms. The Kier molecular flexibility index (Phi) is 6.85. The summed E-state index contributed by atoms with van der Waals surface area (Å²) in [5.41, 5.74) is 3.22. The molecule has 0 saturated heterocycles. The SMILES string of the molecule is Cc1cc(C)cc(OCC(O)CN(Cc2ccc(F)cc2)Cc2ccco2)c1. The second-order valence-corrected chi connectivity index (χ2v) is 7.16. The molecule has 1 atom stereocenters. The number of furan rings is 1. The Morgan fingerprint density at radius 3 is 2.39 bits per heavy atom. The Hall–Kier alpha value is -2.63. The first-order valence-corrected chi connectivity index (χ1v) is 9.36. The summed E-state index contributed by atoms with van der Waals surface area (Å²) < 4.78 is 24.4. The molecule has 1 unspecified atom stereocenters. The molecule has 0 fully saturated rings. The summed E-state index contributed by atoms with van der Waals surface area (Å²) in [5, 5.41) is 10.5. The van der Waals surface area contributed by atoms with Gasteiger partial charge in [-0.2, -0.15) is 0 Å². The van der Waals surface area contributed by atoms with E-state index in [2.05, 4.69) is 11.0 Å². The molecule has 1 heterocycles. The van der Waals surface area contributed by atoms with Gasteiger partial charge in [0.25, 0.3) is 0 Å². The third kappa shape index (κ3) is 6.22. The first-order chi connectivity index (χ1) is 13.5. The maximum atomic E-state index is 13.2. The fraction of sp³-hybridized carbons (Fsp3) is 0.304. The van der Waals surface area contributed by atoms with Crippen molar-refractivity contribution >= 4 is 0 Å². The molecule has 1 aromatic heterocycles. The van der Waals surface area contributed by atoms with Gasteiger partial charge in [0.15, 0.2) is 0 Å². The number of benzene rings is 2. The summed E-state index contributed by atoms with van der Waals surface area (Å²) in [7, 11) is 0. The van der Waals surface area contributed by atoms with Gasteiger partial charge >= 0.3 is 0 Å². The van der Waals surface area contributed by atoms with E-state index in [4.69, 9.17) is 9.15 Å². The summed E-state index contributed by atoms with van der Waals surface area (Å²) in [6, 6.07) is 16.1. The van der Waals surface area contributed by atoms with Gasteiger partial charge < -0.3 is 14.3 Å². The third-order valence-corrected chi connectivity index (χ3v) is 4.39. The van der Waals surface area contributed by atoms with Crippen LogP contribution < -0.4 is 4.74 Å². The minimum Gasteiger partial charge on any atom is -0.491 e. The number of halogens is 1. The molecule has 0 saturated carbocycles. The zero-order valence-corrected chi connectivity index (χ0v) is 16.3. The van der Waals surface area contributed by atoms with Crippen molar-refractivity contribution < 1.29 is 18.7 Å². The van der Waals surface area contributed by atoms with Crippen molar-refractivity contribution in [2.75, 3.05) is 13.2 Å². The van der Waals surface area contributed by atoms with Crippen LogP contribution in [0.1, 0.15) is 22.5 Å². The lowest BCUT2D eigenvalue weighted by molar-refractivity contribution is 0.0604. The minimum absolute atomic E-state index is 0.195. The minimum atomic E-state index is -0.670. The molecular weight excluding hydrogens is 357 g/mol. The summed E-state index contributed by atoms with van der Waals surface area (Å²) in [6.07, 6.45) is 0.960. The van der Waals surface area contributed by atoms with E-state index in [0.29, 0.717) is 19.6 Å². The van der Waals surface area contributed by atoms with Gasteiger partial charge in [0.05, 0.1) is 12.8 Å². The number of ether oxygens (including phenoxy) is 1. The number of aryl methyl sites for hydroxylation is 2. The van der Waals surface area contributed by atoms with Crippen LogP contribution in [0.5, 0.6) is 5.75 Å². The van der Waals surface area contributed by atoms with Gasteiger partial charge in [-0.3, -0.25) is 4.90 Å². The van der Waals surface area contributed by atoms with Crippen molar-refractivity contribution in [3.63, 3.8) is 0 Å². The van der Waals surface area contributed by atoms with Gasteiger partial charge in [0.1, 0.15) is 30.0 Å². The Labute approximate surface area is 165 Å². The highest BCUT2D eigenvalue weighted by atomic mass is 19.1. The van der Waals surface area contributed by atoms with Crippen LogP contribution in [0, 0.1) is 19.7 Å². The molecule has 0 aliphatic carbocycles. The smallest absolute Gasteiger partial charge is 0.123 e. The molecule has 0 radical (unpaired) electrons. The van der Waals surface area contributed by atoms with Crippen LogP contribution in [-0.2, 0) is 13.1 Å². The Bertz CT molecular complexity index is 842. The summed E-state index contributed by atoms with van der Waals surface area (Å²) in [5.74, 6) is 1.31. The van der Waals surface area contributed by atoms with E-state index in [9.17, 15) is 9.50 Å². The third-order valence-electron chi connectivity index (χ3n) is 4.39. The highest BCUT2D eigenvalue weighted by molar-refractivity contribution is 5.33. The molecule has 0 spiro atoms. The van der Waals surface area contributed by atoms with Gasteiger partial charge in [0.2, 0.25) is 0 Å². The van der Waals surface area contributed by atoms with Crippen molar-refractivity contribution in [2.24, 2.45) is 0 Å². The van der Waals surface area contributed by atoms with Crippen molar-refractivity contribution in [1.29, 1.82) is 0 Å². The van der Waals surface area contributed by atoms with E-state index in [0.717, 1.165) is 28.2 Å². The van der Waals surface area contributed by atoms with E-state index in [-0.39, 0.29) is 12.4 Å². The first kappa shape index (κ1) is 20.1. The quantitative estimate of drug-likeness (QED) is 0.592. The fourth-order valence-corrected chi connectivity index (χ4v) is 3.22. The normalized spacial score (nSPS) is 12.3. The molecular formula is C23H26FNO3. The fourth-order valence-electron chi connectivity index (χ4n) is 3.22. The summed E-state index contributed by atoms with van der Waals surface area (Å²) >= 11 is 0. The maximum Gasteiger partial charge on any atom is 0.123 e. The van der Waals surface area contributed by atoms with Crippen LogP contribution in [-0.4, -0.2) is 29.3 Å². The van der Waals surface area contributed by atoms with Crippen LogP contribution in [0.4, 0.5) is 4.39 Å². The molecule has 0 aliphatic heterocycles. The Morgan fingerprint density at radius 2 is 1.75 bits per heavy atom. The van der Waals surface area contributed by atoms with Crippen LogP contribution in [0.2, 0.25) is 0 Å². The largest absolute Gasteiger partial charge is 0.491 e. The zero-order valence-electron chi connectivity index (χ0n) is 16.3. The van der Waals surface area contributed by atoms with E-state index < -0.39 is 6.10 Å². The summed E-state index contributed by atoms with van der Waals surface area (Å²) in [6.45, 7) is 5.75. The van der Waals surface area contributed by atoms with E-state index in [1.165, 1.54) is 12.1 Å². The second kappa shape index (κ2) is 9.53. The van der Waals surface area contributed by atoms with Crippen LogP contribution in [0.3, 0.4) is 0 Å². The van der Waals surface area contributed by atoms with Gasteiger partial charge in [-0.25, -0.2) is 4.39 Å². The number of rotatable bonds is 9. The monoisotopic (exact) mass is 383 g/mol. The zero-order chi connectivity index (χ0) is 19.9. The van der Waals surface area contributed by atoms with E-state index >= 15 is 0 Å². The van der Waals surface area contributed by atoms with Crippen LogP contribution >= 0.6 is 0 Å². The first-order valence-electron chi connectivity index (χ1n) is 9.36. The van der Waals surface area contributed by atoms with E-state index in [1.807, 2.05) is 38.1 Å². The van der Waals surface area contributed by atoms with E-state index in [1.54, 1.807) is 18.4 Å². The average Bonchev–Trinajstić information content (AvgIpc) is 3.14. The molecule has 0 amide bonds. The predicted octanol–water partition coefficient (Wildman–Crippen LogP) is 4.48. The molecule has 2 aromatic carbocycles. The molecule has 28 heavy (non-hydrogen) atoms. The molecule has 0 aliphatic rings. The maximum absolute atomic E-state index is 13.2. The lowest BCUT2D eigenvalue weighted by atomic mass is 10.1. The predicted molar refractivity (Wildman–Crippen MR) is 107 cm³/mol. The summed E-state index contributed by atoms with van der Waals surface area (Å²) in [4.78, 5) is 2.06. The Balaban J connectivity index is 1.61. The van der Waals surface area contributed by atoms with Gasteiger partial charge in [-0.15, -0.1) is 0 Å². The average molecular weight is 383 g/mol. The number of hydrogen-bond acceptors (Lipinski definition) is 4. The molecule has 4 nitrogen and oxygen atoms in total. The van der Waals surface area contributed by atoms with Crippen LogP contribution in [0.25, 0.3) is 0 Å². The number of nitrogens with zero attached hydrogens (tertiary/aromatic N) is 1. The number of aliphatic hydroxyl groups is 1. The van der Waals surface area contributed by atoms with Gasteiger partial charge in [0, 0.05) is 13.1 Å². The molecule has 5 heteroatoms. The number of aliphatic hydroxyl groups excluding tert-OH is 1. The molecule has 3 rings (SSSR count). The second-order valence-electron chi connectivity index (χ2n) is 7.16. The number of hydrogen-bond donors (Lipinski definition) is 1. The van der Waals surface area contributed by atoms with Crippen molar-refractivity contribution in [3.05, 3.63) is 89.1 Å². The van der Waals surface area contributed by atoms with Crippen molar-refractivity contribution in [1.82, 2.24) is 4.90 Å². The highest BCUT2D eigenvalue weighted by Gasteiger charge is 2.15. The standard InChI is InChI=1S/C23H26FNO3/c1-17-10-18(2)12-23(11-17)28-16-21(26)14-25(15-22-4-3-9-27-22)13-19-5-7-20(24)8-6-19/h3-12,21,26H,13-16H2,1-2H3. The van der Waals surface area contributed by atoms with Gasteiger partial charge in [-0.1, -0.05) is 18.2 Å². The lowest BCUT2D eigenvalue weighted by Gasteiger charge is -2.24. The van der Waals surface area contributed by atoms with Gasteiger partial charge in [-0.05, 0) is 66.9 Å². The molecule has 3 aromatic rings. The van der Waals surface area contributed by atoms with Crippen molar-refractivity contribution in [2.45, 2.75) is 33.0 Å². The highest BCUT2D eigenvalue weighted by Crippen LogP contribution is 2.17. The van der Waals surface area contributed by atoms with Crippen molar-refractivity contribution in [3.8, 4) is 5.75 Å². The Morgan fingerprint density at radius 1 is 1.04 bits per heavy atom.